The molecule has 3 heterocycles. The lowest BCUT2D eigenvalue weighted by Gasteiger charge is -2.22. The van der Waals surface area contributed by atoms with Crippen molar-refractivity contribution in [3.63, 3.8) is 0 Å². The van der Waals surface area contributed by atoms with Crippen LogP contribution >= 0.6 is 0 Å². The molecule has 0 bridgehead atoms. The predicted octanol–water partition coefficient (Wildman–Crippen LogP) is 3.73. The van der Waals surface area contributed by atoms with Crippen molar-refractivity contribution < 1.29 is 22.6 Å². The molecule has 4 rings (SSSR count). The van der Waals surface area contributed by atoms with Crippen molar-refractivity contribution in [3.8, 4) is 5.75 Å². The molecular formula is C22H27N7O5S. The van der Waals surface area contributed by atoms with Gasteiger partial charge >= 0.3 is 0 Å². The number of hydrogen-bond donors (Lipinski definition) is 3. The summed E-state index contributed by atoms with van der Waals surface area (Å²) in [7, 11) is -1.11. The second-order valence-electron chi connectivity index (χ2n) is 8.65. The first-order valence-corrected chi connectivity index (χ1v) is 12.3. The SMILES string of the molecule is Cc1cc([C@H](Nc2nc3nonc3nc2Nc2cccc(S(=O)(=O)N(C)C)c2O)C(C)C)oc1C. The number of fused-ring (bicyclic) bond motifs is 1. The molecular weight excluding hydrogens is 474 g/mol. The van der Waals surface area contributed by atoms with Crippen molar-refractivity contribution in [1.29, 1.82) is 0 Å². The zero-order valence-corrected chi connectivity index (χ0v) is 21.0. The van der Waals surface area contributed by atoms with Gasteiger partial charge in [0.1, 0.15) is 16.4 Å². The summed E-state index contributed by atoms with van der Waals surface area (Å²) in [6.07, 6.45) is 0. The highest BCUT2D eigenvalue weighted by molar-refractivity contribution is 7.89. The molecule has 0 saturated heterocycles. The zero-order chi connectivity index (χ0) is 25.5. The molecule has 13 heteroatoms. The van der Waals surface area contributed by atoms with E-state index < -0.39 is 15.8 Å². The highest BCUT2D eigenvalue weighted by Crippen LogP contribution is 2.37. The van der Waals surface area contributed by atoms with Crippen molar-refractivity contribution in [3.05, 3.63) is 41.3 Å². The molecule has 4 aromatic rings. The van der Waals surface area contributed by atoms with E-state index in [9.17, 15) is 13.5 Å². The molecule has 1 aromatic carbocycles. The standard InChI is InChI=1S/C22H27N7O5S/c1-11(2)17(15-10-12(3)13(4)33-15)24-20-19(25-21-22(26-20)28-34-27-21)23-14-8-7-9-16(18(14)30)35(31,32)29(5)6/h7-11,17,30H,1-6H3,(H,23,25,27)(H,24,26,28)/t17-/m1/s1. The van der Waals surface area contributed by atoms with E-state index in [0.29, 0.717) is 5.82 Å². The normalized spacial score (nSPS) is 13.0. The van der Waals surface area contributed by atoms with E-state index in [2.05, 4.69) is 30.9 Å². The lowest BCUT2D eigenvalue weighted by Crippen LogP contribution is -2.22. The molecule has 0 saturated carbocycles. The van der Waals surface area contributed by atoms with Crippen LogP contribution in [-0.4, -0.2) is 52.2 Å². The van der Waals surface area contributed by atoms with E-state index in [1.807, 2.05) is 33.8 Å². The fraction of sp³-hybridized carbons (Fsp3) is 0.364. The maximum absolute atomic E-state index is 12.6. The summed E-state index contributed by atoms with van der Waals surface area (Å²) < 4.78 is 37.0. The molecule has 0 unspecified atom stereocenters. The molecule has 0 amide bonds. The van der Waals surface area contributed by atoms with Crippen LogP contribution in [0, 0.1) is 19.8 Å². The zero-order valence-electron chi connectivity index (χ0n) is 20.2. The van der Waals surface area contributed by atoms with Crippen LogP contribution in [0.5, 0.6) is 5.75 Å². The topological polar surface area (TPSA) is 160 Å². The van der Waals surface area contributed by atoms with Crippen LogP contribution in [0.3, 0.4) is 0 Å². The number of phenolic OH excluding ortho intramolecular Hbond substituents is 1. The van der Waals surface area contributed by atoms with Crippen LogP contribution < -0.4 is 10.6 Å². The number of aromatic nitrogens is 4. The minimum absolute atomic E-state index is 0.0997. The highest BCUT2D eigenvalue weighted by atomic mass is 32.2. The van der Waals surface area contributed by atoms with Crippen LogP contribution in [0.2, 0.25) is 0 Å². The van der Waals surface area contributed by atoms with Gasteiger partial charge in [-0.05, 0) is 53.8 Å². The van der Waals surface area contributed by atoms with Gasteiger partial charge in [0.25, 0.3) is 0 Å². The second kappa shape index (κ2) is 9.15. The quantitative estimate of drug-likeness (QED) is 0.302. The van der Waals surface area contributed by atoms with Gasteiger partial charge in [-0.15, -0.1) is 0 Å². The molecule has 12 nitrogen and oxygen atoms in total. The molecule has 0 fully saturated rings. The third kappa shape index (κ3) is 4.64. The lowest BCUT2D eigenvalue weighted by molar-refractivity contribution is 0.314. The van der Waals surface area contributed by atoms with E-state index in [1.165, 1.54) is 32.3 Å². The minimum atomic E-state index is -3.88. The maximum Gasteiger partial charge on any atom is 0.246 e. The Kier molecular flexibility index (Phi) is 6.38. The van der Waals surface area contributed by atoms with Gasteiger partial charge in [0.2, 0.25) is 21.3 Å². The summed E-state index contributed by atoms with van der Waals surface area (Å²) in [4.78, 5) is 8.66. The number of anilines is 3. The number of benzene rings is 1. The largest absolute Gasteiger partial charge is 0.504 e. The fourth-order valence-corrected chi connectivity index (χ4v) is 4.45. The number of furan rings is 1. The predicted molar refractivity (Wildman–Crippen MR) is 129 cm³/mol. The first-order chi connectivity index (χ1) is 16.5. The second-order valence-corrected chi connectivity index (χ2v) is 10.8. The Morgan fingerprint density at radius 3 is 2.29 bits per heavy atom. The Labute approximate surface area is 202 Å². The number of hydrogen-bond acceptors (Lipinski definition) is 11. The minimum Gasteiger partial charge on any atom is -0.504 e. The number of nitrogens with zero attached hydrogens (tertiary/aromatic N) is 5. The Morgan fingerprint density at radius 2 is 1.71 bits per heavy atom. The Morgan fingerprint density at radius 1 is 1.06 bits per heavy atom. The van der Waals surface area contributed by atoms with Crippen LogP contribution in [0.4, 0.5) is 17.3 Å². The number of para-hydroxylation sites is 1. The van der Waals surface area contributed by atoms with Crippen molar-refractivity contribution >= 4 is 38.6 Å². The molecule has 0 aliphatic rings. The van der Waals surface area contributed by atoms with Gasteiger partial charge in [0.15, 0.2) is 17.4 Å². The number of aryl methyl sites for hydroxylation is 2. The molecule has 3 aromatic heterocycles. The van der Waals surface area contributed by atoms with Gasteiger partial charge in [0.05, 0.1) is 11.7 Å². The summed E-state index contributed by atoms with van der Waals surface area (Å²) in [6.45, 7) is 7.93. The molecule has 3 N–H and O–H groups in total. The maximum atomic E-state index is 12.6. The summed E-state index contributed by atoms with van der Waals surface area (Å²) >= 11 is 0. The van der Waals surface area contributed by atoms with Gasteiger partial charge in [0, 0.05) is 14.1 Å². The number of rotatable bonds is 8. The Balaban J connectivity index is 1.78. The monoisotopic (exact) mass is 501 g/mol. The first kappa shape index (κ1) is 24.4. The van der Waals surface area contributed by atoms with Crippen molar-refractivity contribution in [2.75, 3.05) is 24.7 Å². The number of phenols is 1. The van der Waals surface area contributed by atoms with Crippen LogP contribution in [0.25, 0.3) is 11.3 Å². The van der Waals surface area contributed by atoms with Crippen LogP contribution in [0.15, 0.2) is 38.2 Å². The third-order valence-corrected chi connectivity index (χ3v) is 7.42. The van der Waals surface area contributed by atoms with Gasteiger partial charge in [-0.25, -0.2) is 27.3 Å². The fourth-order valence-electron chi connectivity index (χ4n) is 3.45. The average Bonchev–Trinajstić information content (AvgIpc) is 3.38. The van der Waals surface area contributed by atoms with Crippen LogP contribution in [0.1, 0.15) is 37.0 Å². The smallest absolute Gasteiger partial charge is 0.246 e. The van der Waals surface area contributed by atoms with E-state index in [4.69, 9.17) is 9.05 Å². The number of nitrogens with one attached hydrogen (secondary N) is 2. The number of aromatic hydroxyl groups is 1. The van der Waals surface area contributed by atoms with E-state index >= 15 is 0 Å². The third-order valence-electron chi connectivity index (χ3n) is 5.58. The first-order valence-electron chi connectivity index (χ1n) is 10.8. The van der Waals surface area contributed by atoms with Crippen molar-refractivity contribution in [2.45, 2.75) is 38.6 Å². The summed E-state index contributed by atoms with van der Waals surface area (Å²) in [5.74, 6) is 1.67. The van der Waals surface area contributed by atoms with Gasteiger partial charge in [-0.2, -0.15) is 0 Å². The van der Waals surface area contributed by atoms with Gasteiger partial charge in [-0.3, -0.25) is 0 Å². The van der Waals surface area contributed by atoms with E-state index in [1.54, 1.807) is 0 Å². The molecule has 0 radical (unpaired) electrons. The van der Waals surface area contributed by atoms with Crippen molar-refractivity contribution in [2.24, 2.45) is 5.92 Å². The van der Waals surface area contributed by atoms with E-state index in [-0.39, 0.29) is 39.7 Å². The molecule has 0 aliphatic heterocycles. The Hall–Kier alpha value is -3.71. The summed E-state index contributed by atoms with van der Waals surface area (Å²) in [6, 6.07) is 6.05. The summed E-state index contributed by atoms with van der Waals surface area (Å²) in [5, 5.41) is 24.6. The molecule has 0 spiro atoms. The number of sulfonamides is 1. The molecule has 1 atom stereocenters. The molecule has 186 valence electrons. The molecule has 35 heavy (non-hydrogen) atoms. The Bertz CT molecular complexity index is 1460. The van der Waals surface area contributed by atoms with Crippen molar-refractivity contribution in [1.82, 2.24) is 24.6 Å². The lowest BCUT2D eigenvalue weighted by atomic mass is 10.0. The highest BCUT2D eigenvalue weighted by Gasteiger charge is 2.26. The molecule has 0 aliphatic carbocycles. The van der Waals surface area contributed by atoms with Gasteiger partial charge in [-0.1, -0.05) is 19.9 Å². The van der Waals surface area contributed by atoms with Crippen LogP contribution in [-0.2, 0) is 10.0 Å². The van der Waals surface area contributed by atoms with Gasteiger partial charge < -0.3 is 20.2 Å². The van der Waals surface area contributed by atoms with E-state index in [0.717, 1.165) is 21.4 Å². The average molecular weight is 502 g/mol. The summed E-state index contributed by atoms with van der Waals surface area (Å²) in [5.41, 5.74) is 1.46.